The molecule has 1 fully saturated rings. The van der Waals surface area contributed by atoms with Gasteiger partial charge in [-0.15, -0.1) is 7.92 Å². The summed E-state index contributed by atoms with van der Waals surface area (Å²) in [7, 11) is 0.452. The standard InChI is InChI=1S/C7H15PS/c9-7-6-8-4-2-1-3-5-8/h9H,1-7H2. The molecule has 0 radical (unpaired) electrons. The highest BCUT2D eigenvalue weighted by molar-refractivity contribution is 7.80. The maximum absolute atomic E-state index is 4.25. The minimum Gasteiger partial charge on any atom is -0.179 e. The summed E-state index contributed by atoms with van der Waals surface area (Å²) in [5, 5.41) is 0. The van der Waals surface area contributed by atoms with Crippen LogP contribution in [0.4, 0.5) is 0 Å². The first kappa shape index (κ1) is 7.88. The Morgan fingerprint density at radius 3 is 2.33 bits per heavy atom. The molecule has 0 atom stereocenters. The first-order chi connectivity index (χ1) is 4.43. The zero-order valence-electron chi connectivity index (χ0n) is 5.84. The number of thiol groups is 1. The van der Waals surface area contributed by atoms with Crippen LogP contribution in [-0.4, -0.2) is 24.2 Å². The van der Waals surface area contributed by atoms with Gasteiger partial charge in [-0.2, -0.15) is 12.6 Å². The minimum atomic E-state index is 0.452. The highest BCUT2D eigenvalue weighted by Gasteiger charge is 2.10. The Morgan fingerprint density at radius 2 is 1.78 bits per heavy atom. The van der Waals surface area contributed by atoms with Gasteiger partial charge in [0.25, 0.3) is 0 Å². The summed E-state index contributed by atoms with van der Waals surface area (Å²) < 4.78 is 0. The Balaban J connectivity index is 2.08. The van der Waals surface area contributed by atoms with Crippen molar-refractivity contribution >= 4 is 20.6 Å². The van der Waals surface area contributed by atoms with Crippen LogP contribution in [-0.2, 0) is 0 Å². The van der Waals surface area contributed by atoms with Gasteiger partial charge in [0, 0.05) is 0 Å². The second kappa shape index (κ2) is 4.57. The summed E-state index contributed by atoms with van der Waals surface area (Å²) in [6.07, 6.45) is 8.98. The molecule has 1 rings (SSSR count). The van der Waals surface area contributed by atoms with Gasteiger partial charge in [-0.3, -0.25) is 0 Å². The molecule has 1 heterocycles. The molecule has 1 saturated heterocycles. The lowest BCUT2D eigenvalue weighted by Gasteiger charge is -2.20. The average molecular weight is 162 g/mol. The Kier molecular flexibility index (Phi) is 4.01. The molecule has 0 aromatic carbocycles. The van der Waals surface area contributed by atoms with Gasteiger partial charge in [0.2, 0.25) is 0 Å². The van der Waals surface area contributed by atoms with E-state index in [1.54, 1.807) is 0 Å². The number of hydrogen-bond acceptors (Lipinski definition) is 1. The van der Waals surface area contributed by atoms with E-state index in [9.17, 15) is 0 Å². The Hall–Kier alpha value is 0.780. The molecule has 0 aromatic rings. The summed E-state index contributed by atoms with van der Waals surface area (Å²) in [6, 6.07) is 0. The maximum atomic E-state index is 4.25. The van der Waals surface area contributed by atoms with Crippen LogP contribution in [0.15, 0.2) is 0 Å². The van der Waals surface area contributed by atoms with Crippen molar-refractivity contribution in [2.45, 2.75) is 19.3 Å². The fraction of sp³-hybridized carbons (Fsp3) is 1.00. The molecule has 0 aromatic heterocycles. The fourth-order valence-corrected chi connectivity index (χ4v) is 4.47. The normalized spacial score (nSPS) is 22.3. The second-order valence-electron chi connectivity index (χ2n) is 2.63. The number of hydrogen-bond donors (Lipinski definition) is 1. The monoisotopic (exact) mass is 162 g/mol. The average Bonchev–Trinajstić information content (AvgIpc) is 1.91. The molecule has 1 aliphatic rings. The predicted octanol–water partition coefficient (Wildman–Crippen LogP) is 2.58. The zero-order valence-corrected chi connectivity index (χ0v) is 7.63. The van der Waals surface area contributed by atoms with Crippen molar-refractivity contribution in [3.8, 4) is 0 Å². The molecular weight excluding hydrogens is 147 g/mol. The van der Waals surface area contributed by atoms with Crippen molar-refractivity contribution in [3.05, 3.63) is 0 Å². The van der Waals surface area contributed by atoms with E-state index in [1.807, 2.05) is 0 Å². The third-order valence-corrected chi connectivity index (χ3v) is 5.19. The van der Waals surface area contributed by atoms with Gasteiger partial charge in [0.15, 0.2) is 0 Å². The van der Waals surface area contributed by atoms with Crippen molar-refractivity contribution < 1.29 is 0 Å². The highest BCUT2D eigenvalue weighted by Crippen LogP contribution is 2.41. The summed E-state index contributed by atoms with van der Waals surface area (Å²) in [5.41, 5.74) is 0. The molecule has 0 spiro atoms. The van der Waals surface area contributed by atoms with Crippen molar-refractivity contribution in [3.63, 3.8) is 0 Å². The van der Waals surface area contributed by atoms with E-state index >= 15 is 0 Å². The molecule has 0 aliphatic carbocycles. The van der Waals surface area contributed by atoms with Crippen LogP contribution in [0.2, 0.25) is 0 Å². The third kappa shape index (κ3) is 2.91. The van der Waals surface area contributed by atoms with E-state index in [0.717, 1.165) is 5.75 Å². The van der Waals surface area contributed by atoms with Crippen LogP contribution in [0, 0.1) is 0 Å². The van der Waals surface area contributed by atoms with Gasteiger partial charge in [-0.25, -0.2) is 0 Å². The summed E-state index contributed by atoms with van der Waals surface area (Å²) in [6.45, 7) is 0. The Morgan fingerprint density at radius 1 is 1.11 bits per heavy atom. The SMILES string of the molecule is SCCP1CCCCC1. The minimum absolute atomic E-state index is 0.452. The van der Waals surface area contributed by atoms with Crippen molar-refractivity contribution in [1.29, 1.82) is 0 Å². The van der Waals surface area contributed by atoms with Gasteiger partial charge < -0.3 is 0 Å². The molecule has 2 heteroatoms. The summed E-state index contributed by atoms with van der Waals surface area (Å²) in [5.74, 6) is 1.12. The van der Waals surface area contributed by atoms with E-state index in [0.29, 0.717) is 7.92 Å². The molecule has 1 aliphatic heterocycles. The first-order valence-corrected chi connectivity index (χ1v) is 6.29. The molecule has 0 saturated carbocycles. The van der Waals surface area contributed by atoms with E-state index in [-0.39, 0.29) is 0 Å². The second-order valence-corrected chi connectivity index (χ2v) is 5.76. The molecule has 0 N–H and O–H groups in total. The van der Waals surface area contributed by atoms with Gasteiger partial charge in [-0.05, 0) is 37.1 Å². The van der Waals surface area contributed by atoms with Crippen LogP contribution in [0.3, 0.4) is 0 Å². The lowest BCUT2D eigenvalue weighted by Crippen LogP contribution is -2.02. The molecule has 9 heavy (non-hydrogen) atoms. The van der Waals surface area contributed by atoms with Crippen LogP contribution in [0.5, 0.6) is 0 Å². The highest BCUT2D eigenvalue weighted by atomic mass is 32.1. The van der Waals surface area contributed by atoms with Gasteiger partial charge in [0.05, 0.1) is 0 Å². The fourth-order valence-electron chi connectivity index (χ4n) is 1.32. The van der Waals surface area contributed by atoms with E-state index in [2.05, 4.69) is 12.6 Å². The Labute approximate surface area is 64.6 Å². The molecule has 54 valence electrons. The smallest absolute Gasteiger partial charge is 0.00585 e. The van der Waals surface area contributed by atoms with Crippen molar-refractivity contribution in [2.24, 2.45) is 0 Å². The zero-order chi connectivity index (χ0) is 6.53. The van der Waals surface area contributed by atoms with Crippen LogP contribution in [0.1, 0.15) is 19.3 Å². The quantitative estimate of drug-likeness (QED) is 0.468. The van der Waals surface area contributed by atoms with E-state index < -0.39 is 0 Å². The predicted molar refractivity (Wildman–Crippen MR) is 49.2 cm³/mol. The largest absolute Gasteiger partial charge is 0.179 e. The lowest BCUT2D eigenvalue weighted by molar-refractivity contribution is 0.752. The lowest BCUT2D eigenvalue weighted by atomic mass is 10.3. The van der Waals surface area contributed by atoms with E-state index in [4.69, 9.17) is 0 Å². The molecular formula is C7H15PS. The van der Waals surface area contributed by atoms with Crippen LogP contribution in [0.25, 0.3) is 0 Å². The maximum Gasteiger partial charge on any atom is -0.00585 e. The molecule has 0 nitrogen and oxygen atoms in total. The van der Waals surface area contributed by atoms with Crippen LogP contribution < -0.4 is 0 Å². The summed E-state index contributed by atoms with van der Waals surface area (Å²) in [4.78, 5) is 0. The summed E-state index contributed by atoms with van der Waals surface area (Å²) >= 11 is 4.25. The van der Waals surface area contributed by atoms with Gasteiger partial charge >= 0.3 is 0 Å². The van der Waals surface area contributed by atoms with E-state index in [1.165, 1.54) is 37.7 Å². The number of rotatable bonds is 2. The van der Waals surface area contributed by atoms with Crippen molar-refractivity contribution in [1.82, 2.24) is 0 Å². The van der Waals surface area contributed by atoms with Gasteiger partial charge in [-0.1, -0.05) is 6.42 Å². The molecule has 0 unspecified atom stereocenters. The van der Waals surface area contributed by atoms with Crippen LogP contribution >= 0.6 is 20.6 Å². The van der Waals surface area contributed by atoms with Crippen molar-refractivity contribution in [2.75, 3.05) is 24.2 Å². The topological polar surface area (TPSA) is 0 Å². The molecule has 0 bridgehead atoms. The third-order valence-electron chi connectivity index (χ3n) is 1.86. The molecule has 0 amide bonds. The first-order valence-electron chi connectivity index (χ1n) is 3.76. The Bertz CT molecular complexity index is 66.6. The van der Waals surface area contributed by atoms with Gasteiger partial charge in [0.1, 0.15) is 0 Å².